The highest BCUT2D eigenvalue weighted by Gasteiger charge is 2.21. The van der Waals surface area contributed by atoms with Crippen LogP contribution < -0.4 is 5.32 Å². The predicted molar refractivity (Wildman–Crippen MR) is 66.9 cm³/mol. The highest BCUT2D eigenvalue weighted by molar-refractivity contribution is 5.82. The van der Waals surface area contributed by atoms with E-state index in [1.54, 1.807) is 11.8 Å². The minimum atomic E-state index is -0.986. The molecule has 100 valence electrons. The number of carboxylic acid groups (broad SMARTS) is 1. The Morgan fingerprint density at radius 2 is 1.82 bits per heavy atom. The van der Waals surface area contributed by atoms with E-state index in [0.29, 0.717) is 25.4 Å². The number of carbonyl (C=O) groups excluding carboxylic acids is 1. The summed E-state index contributed by atoms with van der Waals surface area (Å²) in [5.74, 6) is -0.564. The molecule has 0 aliphatic rings. The zero-order valence-corrected chi connectivity index (χ0v) is 11.2. The Hall–Kier alpha value is -1.26. The van der Waals surface area contributed by atoms with Gasteiger partial charge in [-0.15, -0.1) is 0 Å². The normalized spacial score (nSPS) is 13.9. The summed E-state index contributed by atoms with van der Waals surface area (Å²) in [6.45, 7) is 9.03. The zero-order valence-electron chi connectivity index (χ0n) is 11.2. The van der Waals surface area contributed by atoms with Crippen LogP contribution in [0.2, 0.25) is 0 Å². The molecule has 2 amide bonds. The summed E-state index contributed by atoms with van der Waals surface area (Å²) in [6.07, 6.45) is 1.39. The lowest BCUT2D eigenvalue weighted by Gasteiger charge is -2.25. The molecule has 0 radical (unpaired) electrons. The van der Waals surface area contributed by atoms with Crippen LogP contribution in [0.3, 0.4) is 0 Å². The fourth-order valence-electron chi connectivity index (χ4n) is 1.44. The monoisotopic (exact) mass is 244 g/mol. The quantitative estimate of drug-likeness (QED) is 0.719. The lowest BCUT2D eigenvalue weighted by molar-refractivity contribution is -0.139. The molecule has 2 N–H and O–H groups in total. The van der Waals surface area contributed by atoms with Crippen molar-refractivity contribution in [1.29, 1.82) is 0 Å². The molecule has 0 rings (SSSR count). The Balaban J connectivity index is 4.38. The summed E-state index contributed by atoms with van der Waals surface area (Å²) in [6, 6.07) is -1.09. The maximum atomic E-state index is 11.9. The molecule has 0 aromatic heterocycles. The van der Waals surface area contributed by atoms with E-state index >= 15 is 0 Å². The molecule has 0 aliphatic carbocycles. The van der Waals surface area contributed by atoms with Crippen LogP contribution in [0, 0.1) is 5.92 Å². The molecule has 0 aliphatic heterocycles. The number of hydrogen-bond acceptors (Lipinski definition) is 2. The second kappa shape index (κ2) is 7.92. The molecule has 0 aromatic carbocycles. The average molecular weight is 244 g/mol. The summed E-state index contributed by atoms with van der Waals surface area (Å²) in [5, 5.41) is 11.4. The van der Waals surface area contributed by atoms with Crippen LogP contribution in [0.5, 0.6) is 0 Å². The minimum absolute atomic E-state index is 0.290. The largest absolute Gasteiger partial charge is 0.480 e. The Kier molecular flexibility index (Phi) is 7.34. The number of aliphatic carboxylic acids is 1. The van der Waals surface area contributed by atoms with E-state index in [9.17, 15) is 9.59 Å². The third-order valence-electron chi connectivity index (χ3n) is 2.90. The topological polar surface area (TPSA) is 69.6 Å². The number of carbonyl (C=O) groups is 2. The molecule has 0 fully saturated rings. The van der Waals surface area contributed by atoms with Gasteiger partial charge in [0.05, 0.1) is 0 Å². The summed E-state index contributed by atoms with van der Waals surface area (Å²) in [7, 11) is 0. The first-order valence-electron chi connectivity index (χ1n) is 6.24. The van der Waals surface area contributed by atoms with Crippen molar-refractivity contribution in [2.45, 2.75) is 46.6 Å². The number of nitrogens with zero attached hydrogens (tertiary/aromatic N) is 1. The van der Waals surface area contributed by atoms with Gasteiger partial charge in [-0.3, -0.25) is 0 Å². The van der Waals surface area contributed by atoms with E-state index in [-0.39, 0.29) is 6.03 Å². The third-order valence-corrected chi connectivity index (χ3v) is 2.90. The second-order valence-corrected chi connectivity index (χ2v) is 4.30. The zero-order chi connectivity index (χ0) is 13.4. The number of nitrogens with one attached hydrogen (secondary N) is 1. The number of amides is 2. The third kappa shape index (κ3) is 5.56. The van der Waals surface area contributed by atoms with Crippen LogP contribution in [-0.4, -0.2) is 41.1 Å². The SMILES string of the molecule is CCC(C)CN(CC)C(=O)N[C@H](CC)C(=O)O. The Morgan fingerprint density at radius 1 is 1.24 bits per heavy atom. The molecule has 0 saturated carbocycles. The molecule has 0 heterocycles. The van der Waals surface area contributed by atoms with Crippen molar-refractivity contribution < 1.29 is 14.7 Å². The molecule has 17 heavy (non-hydrogen) atoms. The van der Waals surface area contributed by atoms with Gasteiger partial charge < -0.3 is 15.3 Å². The molecule has 0 aromatic rings. The maximum Gasteiger partial charge on any atom is 0.326 e. The van der Waals surface area contributed by atoms with Gasteiger partial charge in [-0.1, -0.05) is 27.2 Å². The van der Waals surface area contributed by atoms with Crippen molar-refractivity contribution in [3.05, 3.63) is 0 Å². The minimum Gasteiger partial charge on any atom is -0.480 e. The summed E-state index contributed by atoms with van der Waals surface area (Å²) in [5.41, 5.74) is 0. The first-order chi connectivity index (χ1) is 7.96. The molecule has 0 saturated heterocycles. The van der Waals surface area contributed by atoms with Crippen molar-refractivity contribution in [3.8, 4) is 0 Å². The van der Waals surface area contributed by atoms with Gasteiger partial charge in [-0.05, 0) is 19.3 Å². The smallest absolute Gasteiger partial charge is 0.326 e. The summed E-state index contributed by atoms with van der Waals surface area (Å²) >= 11 is 0. The van der Waals surface area contributed by atoms with E-state index in [4.69, 9.17) is 5.11 Å². The molecule has 5 nitrogen and oxygen atoms in total. The van der Waals surface area contributed by atoms with Gasteiger partial charge >= 0.3 is 12.0 Å². The summed E-state index contributed by atoms with van der Waals surface area (Å²) in [4.78, 5) is 24.3. The fourth-order valence-corrected chi connectivity index (χ4v) is 1.44. The van der Waals surface area contributed by atoms with Crippen molar-refractivity contribution in [3.63, 3.8) is 0 Å². The van der Waals surface area contributed by atoms with E-state index < -0.39 is 12.0 Å². The van der Waals surface area contributed by atoms with E-state index in [2.05, 4.69) is 19.2 Å². The number of hydrogen-bond donors (Lipinski definition) is 2. The molecular weight excluding hydrogens is 220 g/mol. The average Bonchev–Trinajstić information content (AvgIpc) is 2.31. The Morgan fingerprint density at radius 3 is 2.18 bits per heavy atom. The molecule has 5 heteroatoms. The van der Waals surface area contributed by atoms with Crippen LogP contribution >= 0.6 is 0 Å². The van der Waals surface area contributed by atoms with E-state index in [1.165, 1.54) is 0 Å². The van der Waals surface area contributed by atoms with Gasteiger partial charge in [0.1, 0.15) is 6.04 Å². The first kappa shape index (κ1) is 15.7. The van der Waals surface area contributed by atoms with Crippen molar-refractivity contribution in [2.75, 3.05) is 13.1 Å². The predicted octanol–water partition coefficient (Wildman–Crippen LogP) is 1.93. The molecule has 0 bridgehead atoms. The lowest BCUT2D eigenvalue weighted by atomic mass is 10.1. The second-order valence-electron chi connectivity index (χ2n) is 4.30. The van der Waals surface area contributed by atoms with Crippen LogP contribution in [0.1, 0.15) is 40.5 Å². The number of carboxylic acids is 1. The highest BCUT2D eigenvalue weighted by Crippen LogP contribution is 2.05. The van der Waals surface area contributed by atoms with Crippen molar-refractivity contribution in [1.82, 2.24) is 10.2 Å². The first-order valence-corrected chi connectivity index (χ1v) is 6.24. The van der Waals surface area contributed by atoms with Crippen molar-refractivity contribution in [2.24, 2.45) is 5.92 Å². The highest BCUT2D eigenvalue weighted by atomic mass is 16.4. The Bertz CT molecular complexity index is 256. The van der Waals surface area contributed by atoms with E-state index in [0.717, 1.165) is 6.42 Å². The van der Waals surface area contributed by atoms with Gasteiger partial charge in [0.25, 0.3) is 0 Å². The molecule has 1 unspecified atom stereocenters. The Labute approximate surface area is 103 Å². The molecule has 2 atom stereocenters. The van der Waals surface area contributed by atoms with Crippen LogP contribution in [0.15, 0.2) is 0 Å². The fraction of sp³-hybridized carbons (Fsp3) is 0.833. The number of rotatable bonds is 7. The van der Waals surface area contributed by atoms with Gasteiger partial charge in [-0.25, -0.2) is 9.59 Å². The van der Waals surface area contributed by atoms with Crippen LogP contribution in [-0.2, 0) is 4.79 Å². The van der Waals surface area contributed by atoms with Crippen LogP contribution in [0.4, 0.5) is 4.79 Å². The molecular formula is C12H24N2O3. The van der Waals surface area contributed by atoms with Crippen LogP contribution in [0.25, 0.3) is 0 Å². The number of urea groups is 1. The van der Waals surface area contributed by atoms with Gasteiger partial charge in [-0.2, -0.15) is 0 Å². The lowest BCUT2D eigenvalue weighted by Crippen LogP contribution is -2.48. The van der Waals surface area contributed by atoms with Gasteiger partial charge in [0.15, 0.2) is 0 Å². The molecule has 0 spiro atoms. The summed E-state index contributed by atoms with van der Waals surface area (Å²) < 4.78 is 0. The van der Waals surface area contributed by atoms with Gasteiger partial charge in [0.2, 0.25) is 0 Å². The van der Waals surface area contributed by atoms with Crippen molar-refractivity contribution >= 4 is 12.0 Å². The standard InChI is InChI=1S/C12H24N2O3/c1-5-9(4)8-14(7-3)12(17)13-10(6-2)11(15)16/h9-10H,5-8H2,1-4H3,(H,13,17)(H,15,16)/t9?,10-/m1/s1. The van der Waals surface area contributed by atoms with Gasteiger partial charge in [0, 0.05) is 13.1 Å². The maximum absolute atomic E-state index is 11.9. The van der Waals surface area contributed by atoms with E-state index in [1.807, 2.05) is 6.92 Å².